The molecule has 3 aromatic rings. The van der Waals surface area contributed by atoms with E-state index in [4.69, 9.17) is 14.2 Å². The van der Waals surface area contributed by atoms with Gasteiger partial charge in [-0.2, -0.15) is 0 Å². The van der Waals surface area contributed by atoms with Crippen molar-refractivity contribution in [3.8, 4) is 17.2 Å². The molecule has 1 unspecified atom stereocenters. The maximum atomic E-state index is 13.0. The minimum absolute atomic E-state index is 0.130. The molecule has 2 amide bonds. The molecule has 0 aliphatic carbocycles. The zero-order valence-electron chi connectivity index (χ0n) is 19.8. The van der Waals surface area contributed by atoms with Gasteiger partial charge < -0.3 is 29.4 Å². The van der Waals surface area contributed by atoms with E-state index in [0.29, 0.717) is 35.9 Å². The third-order valence-electron chi connectivity index (χ3n) is 6.10. The van der Waals surface area contributed by atoms with Gasteiger partial charge in [-0.05, 0) is 37.1 Å². The number of ether oxygens (including phenoxy) is 3. The number of carbonyl (C=O) groups is 2. The highest BCUT2D eigenvalue weighted by Crippen LogP contribution is 2.38. The molecule has 0 spiro atoms. The molecule has 2 heterocycles. The number of benzene rings is 2. The second-order valence-corrected chi connectivity index (χ2v) is 8.12. The summed E-state index contributed by atoms with van der Waals surface area (Å²) in [5.41, 5.74) is 3.80. The van der Waals surface area contributed by atoms with Crippen LogP contribution in [-0.4, -0.2) is 62.2 Å². The van der Waals surface area contributed by atoms with Crippen molar-refractivity contribution in [2.75, 3.05) is 34.4 Å². The number of nitrogens with zero attached hydrogens (tertiary/aromatic N) is 1. The fraction of sp³-hybridized carbons (Fsp3) is 0.308. The van der Waals surface area contributed by atoms with Crippen LogP contribution in [0.1, 0.15) is 29.3 Å². The Morgan fingerprint density at radius 1 is 1.06 bits per heavy atom. The van der Waals surface area contributed by atoms with Crippen LogP contribution in [0.15, 0.2) is 48.7 Å². The largest absolute Gasteiger partial charge is 0.493 e. The highest BCUT2D eigenvalue weighted by atomic mass is 16.5. The smallest absolute Gasteiger partial charge is 0.252 e. The second kappa shape index (κ2) is 9.91. The van der Waals surface area contributed by atoms with Crippen molar-refractivity contribution in [1.29, 1.82) is 0 Å². The molecule has 0 bridgehead atoms. The summed E-state index contributed by atoms with van der Waals surface area (Å²) in [6.07, 6.45) is 4.86. The zero-order valence-corrected chi connectivity index (χ0v) is 19.8. The summed E-state index contributed by atoms with van der Waals surface area (Å²) in [7, 11) is 4.47. The average molecular weight is 464 g/mol. The van der Waals surface area contributed by atoms with Crippen LogP contribution in [0.3, 0.4) is 0 Å². The van der Waals surface area contributed by atoms with Gasteiger partial charge >= 0.3 is 0 Å². The summed E-state index contributed by atoms with van der Waals surface area (Å²) in [6.45, 7) is 2.78. The Hall–Kier alpha value is -3.94. The van der Waals surface area contributed by atoms with Gasteiger partial charge in [0, 0.05) is 41.3 Å². The lowest BCUT2D eigenvalue weighted by Crippen LogP contribution is -2.48. The molecule has 2 aromatic carbocycles. The fourth-order valence-electron chi connectivity index (χ4n) is 4.28. The first-order valence-electron chi connectivity index (χ1n) is 11.1. The zero-order chi connectivity index (χ0) is 24.2. The first-order valence-corrected chi connectivity index (χ1v) is 11.1. The summed E-state index contributed by atoms with van der Waals surface area (Å²) in [5.74, 6) is 0.618. The Kier molecular flexibility index (Phi) is 6.77. The van der Waals surface area contributed by atoms with E-state index in [1.54, 1.807) is 24.0 Å². The molecule has 0 saturated carbocycles. The standard InChI is InChI=1S/C26H29N3O5/c1-16(28-25(30)18-13-22(32-2)24(34-4)23(14-18)33-3)26(31)29-11-9-17(10-12-29)20-15-27-21-8-6-5-7-19(20)21/h5-9,13-16,27H,10-12H2,1-4H3,(H,28,30). The van der Waals surface area contributed by atoms with Gasteiger partial charge in [-0.1, -0.05) is 24.3 Å². The van der Waals surface area contributed by atoms with Crippen LogP contribution in [0.2, 0.25) is 0 Å². The monoisotopic (exact) mass is 463 g/mol. The quantitative estimate of drug-likeness (QED) is 0.558. The first-order chi connectivity index (χ1) is 16.5. The number of methoxy groups -OCH3 is 3. The molecule has 8 heteroatoms. The molecule has 0 fully saturated rings. The SMILES string of the molecule is COc1cc(C(=O)NC(C)C(=O)N2CC=C(c3c[nH]c4ccccc34)CC2)cc(OC)c1OC. The van der Waals surface area contributed by atoms with E-state index in [1.807, 2.05) is 18.3 Å². The van der Waals surface area contributed by atoms with E-state index in [0.717, 1.165) is 11.9 Å². The second-order valence-electron chi connectivity index (χ2n) is 8.12. The molecule has 0 radical (unpaired) electrons. The van der Waals surface area contributed by atoms with Gasteiger partial charge in [-0.15, -0.1) is 0 Å². The summed E-state index contributed by atoms with van der Waals surface area (Å²) in [6, 6.07) is 10.6. The van der Waals surface area contributed by atoms with Crippen molar-refractivity contribution in [1.82, 2.24) is 15.2 Å². The normalized spacial score (nSPS) is 14.4. The molecule has 178 valence electrons. The number of fused-ring (bicyclic) bond motifs is 1. The number of rotatable bonds is 7. The van der Waals surface area contributed by atoms with Crippen LogP contribution in [0.5, 0.6) is 17.2 Å². The van der Waals surface area contributed by atoms with Crippen molar-refractivity contribution in [2.45, 2.75) is 19.4 Å². The molecule has 1 aromatic heterocycles. The van der Waals surface area contributed by atoms with Crippen molar-refractivity contribution >= 4 is 28.3 Å². The van der Waals surface area contributed by atoms with Gasteiger partial charge in [0.2, 0.25) is 11.7 Å². The number of H-pyrrole nitrogens is 1. The van der Waals surface area contributed by atoms with Crippen molar-refractivity contribution in [3.05, 3.63) is 59.8 Å². The van der Waals surface area contributed by atoms with E-state index in [9.17, 15) is 9.59 Å². The van der Waals surface area contributed by atoms with Gasteiger partial charge in [0.15, 0.2) is 11.5 Å². The maximum Gasteiger partial charge on any atom is 0.252 e. The predicted molar refractivity (Wildman–Crippen MR) is 130 cm³/mol. The molecule has 8 nitrogen and oxygen atoms in total. The predicted octanol–water partition coefficient (Wildman–Crippen LogP) is 3.63. The van der Waals surface area contributed by atoms with Crippen LogP contribution in [-0.2, 0) is 4.79 Å². The van der Waals surface area contributed by atoms with Crippen LogP contribution in [0.25, 0.3) is 16.5 Å². The molecule has 34 heavy (non-hydrogen) atoms. The molecule has 0 saturated heterocycles. The minimum Gasteiger partial charge on any atom is -0.493 e. The van der Waals surface area contributed by atoms with Crippen molar-refractivity contribution < 1.29 is 23.8 Å². The first kappa shape index (κ1) is 23.2. The van der Waals surface area contributed by atoms with Gasteiger partial charge in [-0.25, -0.2) is 0 Å². The number of amides is 2. The van der Waals surface area contributed by atoms with E-state index < -0.39 is 11.9 Å². The van der Waals surface area contributed by atoms with Crippen molar-refractivity contribution in [2.24, 2.45) is 0 Å². The molecular formula is C26H29N3O5. The molecule has 1 atom stereocenters. The van der Waals surface area contributed by atoms with Gasteiger partial charge in [0.05, 0.1) is 21.3 Å². The van der Waals surface area contributed by atoms with E-state index in [-0.39, 0.29) is 5.91 Å². The average Bonchev–Trinajstić information content (AvgIpc) is 3.31. The third-order valence-corrected chi connectivity index (χ3v) is 6.10. The molecule has 2 N–H and O–H groups in total. The minimum atomic E-state index is -0.686. The lowest BCUT2D eigenvalue weighted by molar-refractivity contribution is -0.132. The van der Waals surface area contributed by atoms with Crippen LogP contribution >= 0.6 is 0 Å². The van der Waals surface area contributed by atoms with Gasteiger partial charge in [-0.3, -0.25) is 9.59 Å². The fourth-order valence-corrected chi connectivity index (χ4v) is 4.28. The summed E-state index contributed by atoms with van der Waals surface area (Å²) < 4.78 is 15.9. The third kappa shape index (κ3) is 4.44. The Morgan fingerprint density at radius 3 is 2.38 bits per heavy atom. The number of para-hydroxylation sites is 1. The Labute approximate surface area is 198 Å². The van der Waals surface area contributed by atoms with Gasteiger partial charge in [0.25, 0.3) is 5.91 Å². The highest BCUT2D eigenvalue weighted by molar-refractivity contribution is 5.99. The lowest BCUT2D eigenvalue weighted by atomic mass is 9.98. The number of aromatic nitrogens is 1. The summed E-state index contributed by atoms with van der Waals surface area (Å²) >= 11 is 0. The number of carbonyl (C=O) groups excluding carboxylic acids is 2. The van der Waals surface area contributed by atoms with Crippen LogP contribution in [0.4, 0.5) is 0 Å². The van der Waals surface area contributed by atoms with Crippen LogP contribution < -0.4 is 19.5 Å². The Morgan fingerprint density at radius 2 is 1.76 bits per heavy atom. The topological polar surface area (TPSA) is 92.9 Å². The molecule has 4 rings (SSSR count). The Balaban J connectivity index is 1.43. The maximum absolute atomic E-state index is 13.0. The number of nitrogens with one attached hydrogen (secondary N) is 2. The summed E-state index contributed by atoms with van der Waals surface area (Å²) in [4.78, 5) is 31.0. The number of hydrogen-bond acceptors (Lipinski definition) is 5. The molecular weight excluding hydrogens is 434 g/mol. The van der Waals surface area contributed by atoms with Crippen LogP contribution in [0, 0.1) is 0 Å². The van der Waals surface area contributed by atoms with E-state index in [2.05, 4.69) is 28.5 Å². The van der Waals surface area contributed by atoms with E-state index >= 15 is 0 Å². The number of aromatic amines is 1. The summed E-state index contributed by atoms with van der Waals surface area (Å²) in [5, 5.41) is 3.97. The highest BCUT2D eigenvalue weighted by Gasteiger charge is 2.26. The lowest BCUT2D eigenvalue weighted by Gasteiger charge is -2.29. The van der Waals surface area contributed by atoms with Gasteiger partial charge in [0.1, 0.15) is 6.04 Å². The van der Waals surface area contributed by atoms with Crippen molar-refractivity contribution in [3.63, 3.8) is 0 Å². The molecule has 1 aliphatic heterocycles. The van der Waals surface area contributed by atoms with E-state index in [1.165, 1.54) is 37.9 Å². The number of hydrogen-bond donors (Lipinski definition) is 2. The Bertz CT molecular complexity index is 1220. The molecule has 1 aliphatic rings.